The van der Waals surface area contributed by atoms with E-state index in [0.29, 0.717) is 11.5 Å². The maximum Gasteiger partial charge on any atom is 0.118 e. The summed E-state index contributed by atoms with van der Waals surface area (Å²) in [5, 5.41) is 20.1. The lowest BCUT2D eigenvalue weighted by Crippen LogP contribution is -2.30. The third kappa shape index (κ3) is 2.90. The Labute approximate surface area is 145 Å². The number of aryl methyl sites for hydroxylation is 2. The number of rotatable bonds is 4. The fraction of sp³-hybridized carbons (Fsp3) is 0.455. The molecule has 0 aromatic heterocycles. The molecule has 0 aliphatic heterocycles. The predicted octanol–water partition coefficient (Wildman–Crippen LogP) is 5.47. The van der Waals surface area contributed by atoms with E-state index in [2.05, 4.69) is 38.1 Å². The van der Waals surface area contributed by atoms with Crippen molar-refractivity contribution in [3.8, 4) is 11.5 Å². The van der Waals surface area contributed by atoms with Gasteiger partial charge in [-0.2, -0.15) is 0 Å². The molecule has 2 aromatic carbocycles. The summed E-state index contributed by atoms with van der Waals surface area (Å²) in [5.74, 6) is 0.791. The van der Waals surface area contributed by atoms with E-state index in [1.807, 2.05) is 12.1 Å². The lowest BCUT2D eigenvalue weighted by atomic mass is 9.65. The third-order valence-electron chi connectivity index (χ3n) is 5.73. The molecule has 2 heteroatoms. The van der Waals surface area contributed by atoms with Crippen molar-refractivity contribution in [2.45, 2.75) is 64.2 Å². The molecule has 1 aliphatic rings. The first kappa shape index (κ1) is 16.9. The summed E-state index contributed by atoms with van der Waals surface area (Å²) in [6, 6.07) is 12.3. The van der Waals surface area contributed by atoms with Gasteiger partial charge in [0, 0.05) is 5.41 Å². The Morgan fingerprint density at radius 3 is 1.62 bits per heavy atom. The standard InChI is InChI=1S/C22H28O2/c1-3-16-14-18(8-10-20(16)23)22(12-6-5-7-13-22)19-9-11-21(24)17(4-2)15-19/h8-11,14-15,23-24H,3-7,12-13H2,1-2H3. The smallest absolute Gasteiger partial charge is 0.118 e. The number of aromatic hydroxyl groups is 2. The van der Waals surface area contributed by atoms with Crippen LogP contribution in [0, 0.1) is 0 Å². The van der Waals surface area contributed by atoms with Crippen molar-refractivity contribution in [2.24, 2.45) is 0 Å². The third-order valence-corrected chi connectivity index (χ3v) is 5.73. The van der Waals surface area contributed by atoms with Crippen LogP contribution in [0.5, 0.6) is 11.5 Å². The molecule has 0 spiro atoms. The van der Waals surface area contributed by atoms with Crippen LogP contribution >= 0.6 is 0 Å². The van der Waals surface area contributed by atoms with Gasteiger partial charge in [0.25, 0.3) is 0 Å². The summed E-state index contributed by atoms with van der Waals surface area (Å²) in [6.07, 6.45) is 7.69. The zero-order valence-electron chi connectivity index (χ0n) is 14.8. The summed E-state index contributed by atoms with van der Waals surface area (Å²) < 4.78 is 0. The molecule has 24 heavy (non-hydrogen) atoms. The molecule has 128 valence electrons. The quantitative estimate of drug-likeness (QED) is 0.782. The van der Waals surface area contributed by atoms with Gasteiger partial charge in [0.2, 0.25) is 0 Å². The van der Waals surface area contributed by atoms with Gasteiger partial charge in [-0.15, -0.1) is 0 Å². The van der Waals surface area contributed by atoms with E-state index in [4.69, 9.17) is 0 Å². The van der Waals surface area contributed by atoms with Crippen LogP contribution in [-0.4, -0.2) is 10.2 Å². The molecule has 2 nitrogen and oxygen atoms in total. The summed E-state index contributed by atoms with van der Waals surface area (Å²) in [7, 11) is 0. The predicted molar refractivity (Wildman–Crippen MR) is 98.8 cm³/mol. The van der Waals surface area contributed by atoms with Gasteiger partial charge in [0.1, 0.15) is 11.5 Å². The average Bonchev–Trinajstić information content (AvgIpc) is 2.63. The van der Waals surface area contributed by atoms with E-state index in [0.717, 1.165) is 36.8 Å². The van der Waals surface area contributed by atoms with E-state index in [9.17, 15) is 10.2 Å². The van der Waals surface area contributed by atoms with E-state index in [1.165, 1.54) is 30.4 Å². The Morgan fingerprint density at radius 2 is 1.21 bits per heavy atom. The second-order valence-corrected chi connectivity index (χ2v) is 7.04. The number of hydrogen-bond donors (Lipinski definition) is 2. The summed E-state index contributed by atoms with van der Waals surface area (Å²) >= 11 is 0. The SMILES string of the molecule is CCc1cc(C2(c3ccc(O)c(CC)c3)CCCCC2)ccc1O. The van der Waals surface area contributed by atoms with Crippen LogP contribution in [0.1, 0.15) is 68.2 Å². The minimum atomic E-state index is 0.00743. The van der Waals surface area contributed by atoms with Crippen molar-refractivity contribution in [3.05, 3.63) is 58.7 Å². The zero-order chi connectivity index (χ0) is 17.2. The molecule has 0 amide bonds. The lowest BCUT2D eigenvalue weighted by Gasteiger charge is -2.39. The van der Waals surface area contributed by atoms with Gasteiger partial charge in [0.15, 0.2) is 0 Å². The maximum absolute atomic E-state index is 10.1. The van der Waals surface area contributed by atoms with Gasteiger partial charge in [-0.25, -0.2) is 0 Å². The van der Waals surface area contributed by atoms with Gasteiger partial charge in [-0.05, 0) is 60.1 Å². The molecule has 0 unspecified atom stereocenters. The molecule has 1 fully saturated rings. The van der Waals surface area contributed by atoms with Gasteiger partial charge >= 0.3 is 0 Å². The van der Waals surface area contributed by atoms with Gasteiger partial charge in [-0.1, -0.05) is 57.4 Å². The number of phenolic OH excluding ortho intramolecular Hbond substituents is 2. The Bertz CT molecular complexity index is 656. The summed E-state index contributed by atoms with van der Waals surface area (Å²) in [5.41, 5.74) is 4.67. The van der Waals surface area contributed by atoms with Crippen LogP contribution in [-0.2, 0) is 18.3 Å². The zero-order valence-corrected chi connectivity index (χ0v) is 14.8. The molecule has 0 saturated heterocycles. The van der Waals surface area contributed by atoms with Crippen molar-refractivity contribution in [3.63, 3.8) is 0 Å². The molecule has 1 saturated carbocycles. The normalized spacial score (nSPS) is 16.9. The van der Waals surface area contributed by atoms with Crippen molar-refractivity contribution in [1.82, 2.24) is 0 Å². The molecule has 0 heterocycles. The van der Waals surface area contributed by atoms with Gasteiger partial charge in [0.05, 0.1) is 0 Å². The van der Waals surface area contributed by atoms with Crippen LogP contribution in [0.25, 0.3) is 0 Å². The molecule has 2 N–H and O–H groups in total. The first-order chi connectivity index (χ1) is 11.6. The Kier molecular flexibility index (Phi) is 4.84. The van der Waals surface area contributed by atoms with Crippen molar-refractivity contribution >= 4 is 0 Å². The van der Waals surface area contributed by atoms with Crippen LogP contribution in [0.15, 0.2) is 36.4 Å². The van der Waals surface area contributed by atoms with Crippen molar-refractivity contribution in [2.75, 3.05) is 0 Å². The van der Waals surface area contributed by atoms with Crippen LogP contribution in [0.3, 0.4) is 0 Å². The monoisotopic (exact) mass is 324 g/mol. The van der Waals surface area contributed by atoms with Crippen molar-refractivity contribution in [1.29, 1.82) is 0 Å². The van der Waals surface area contributed by atoms with Crippen LogP contribution in [0.2, 0.25) is 0 Å². The fourth-order valence-electron chi connectivity index (χ4n) is 4.23. The molecule has 0 bridgehead atoms. The molecule has 0 radical (unpaired) electrons. The molecule has 3 rings (SSSR count). The molecule has 1 aliphatic carbocycles. The molecular formula is C22H28O2. The average molecular weight is 324 g/mol. The summed E-state index contributed by atoms with van der Waals surface area (Å²) in [6.45, 7) is 4.17. The van der Waals surface area contributed by atoms with Gasteiger partial charge < -0.3 is 10.2 Å². The Balaban J connectivity index is 2.15. The molecule has 2 aromatic rings. The largest absolute Gasteiger partial charge is 0.508 e. The highest BCUT2D eigenvalue weighted by molar-refractivity contribution is 5.48. The van der Waals surface area contributed by atoms with E-state index in [1.54, 1.807) is 0 Å². The first-order valence-electron chi connectivity index (χ1n) is 9.25. The summed E-state index contributed by atoms with van der Waals surface area (Å²) in [4.78, 5) is 0. The minimum absolute atomic E-state index is 0.00743. The van der Waals surface area contributed by atoms with E-state index >= 15 is 0 Å². The van der Waals surface area contributed by atoms with E-state index in [-0.39, 0.29) is 5.41 Å². The number of benzene rings is 2. The lowest BCUT2D eigenvalue weighted by molar-refractivity contribution is 0.344. The topological polar surface area (TPSA) is 40.5 Å². The minimum Gasteiger partial charge on any atom is -0.508 e. The molecule has 0 atom stereocenters. The molecular weight excluding hydrogens is 296 g/mol. The Hall–Kier alpha value is -1.96. The Morgan fingerprint density at radius 1 is 0.750 bits per heavy atom. The second kappa shape index (κ2) is 6.88. The highest BCUT2D eigenvalue weighted by Gasteiger charge is 2.36. The van der Waals surface area contributed by atoms with Crippen LogP contribution < -0.4 is 0 Å². The van der Waals surface area contributed by atoms with Crippen LogP contribution in [0.4, 0.5) is 0 Å². The highest BCUT2D eigenvalue weighted by Crippen LogP contribution is 2.46. The van der Waals surface area contributed by atoms with Crippen molar-refractivity contribution < 1.29 is 10.2 Å². The highest BCUT2D eigenvalue weighted by atomic mass is 16.3. The fourth-order valence-corrected chi connectivity index (χ4v) is 4.23. The maximum atomic E-state index is 10.1. The number of hydrogen-bond acceptors (Lipinski definition) is 2. The van der Waals surface area contributed by atoms with E-state index < -0.39 is 0 Å². The first-order valence-corrected chi connectivity index (χ1v) is 9.25. The van der Waals surface area contributed by atoms with Gasteiger partial charge in [-0.3, -0.25) is 0 Å². The number of phenols is 2. The second-order valence-electron chi connectivity index (χ2n) is 7.04.